The van der Waals surface area contributed by atoms with E-state index in [1.165, 1.54) is 6.33 Å². The zero-order valence-electron chi connectivity index (χ0n) is 18.7. The first-order valence-electron chi connectivity index (χ1n) is 9.68. The standard InChI is InChI=1S/C20H29Cl3N4O3Si/c1-26(17-10-16(21)24-11-25-17)12-27(13-30-7-8-31(4,5)6)20-18(22)14(28-2)9-15(29-3)19(20)23/h9-11H,7-8,12-13H2,1-6H3. The molecule has 0 radical (unpaired) electrons. The maximum absolute atomic E-state index is 6.66. The number of ether oxygens (including phenoxy) is 3. The van der Waals surface area contributed by atoms with Crippen LogP contribution in [0.1, 0.15) is 0 Å². The van der Waals surface area contributed by atoms with Gasteiger partial charge < -0.3 is 24.0 Å². The van der Waals surface area contributed by atoms with Gasteiger partial charge in [0.25, 0.3) is 0 Å². The lowest BCUT2D eigenvalue weighted by molar-refractivity contribution is 0.146. The molecule has 0 N–H and O–H groups in total. The maximum Gasteiger partial charge on any atom is 0.143 e. The Morgan fingerprint density at radius 3 is 2.10 bits per heavy atom. The predicted octanol–water partition coefficient (Wildman–Crippen LogP) is 5.67. The molecule has 0 unspecified atom stereocenters. The number of benzene rings is 1. The highest BCUT2D eigenvalue weighted by Gasteiger charge is 2.24. The second-order valence-corrected chi connectivity index (χ2v) is 14.9. The number of rotatable bonds is 11. The third-order valence-electron chi connectivity index (χ3n) is 4.50. The molecule has 0 saturated carbocycles. The fourth-order valence-electron chi connectivity index (χ4n) is 2.74. The smallest absolute Gasteiger partial charge is 0.143 e. The van der Waals surface area contributed by atoms with Crippen molar-refractivity contribution in [2.24, 2.45) is 0 Å². The van der Waals surface area contributed by atoms with Crippen LogP contribution in [0.15, 0.2) is 18.5 Å². The summed E-state index contributed by atoms with van der Waals surface area (Å²) in [5.74, 6) is 1.56. The monoisotopic (exact) mass is 506 g/mol. The van der Waals surface area contributed by atoms with E-state index in [2.05, 4.69) is 29.6 Å². The van der Waals surface area contributed by atoms with Gasteiger partial charge in [0.2, 0.25) is 0 Å². The van der Waals surface area contributed by atoms with Gasteiger partial charge in [0.05, 0.1) is 26.6 Å². The average molecular weight is 508 g/mol. The Morgan fingerprint density at radius 1 is 0.968 bits per heavy atom. The van der Waals surface area contributed by atoms with Crippen molar-refractivity contribution in [3.63, 3.8) is 0 Å². The topological polar surface area (TPSA) is 60.0 Å². The molecule has 1 heterocycles. The van der Waals surface area contributed by atoms with E-state index in [1.807, 2.05) is 16.8 Å². The highest BCUT2D eigenvalue weighted by molar-refractivity contribution is 6.76. The van der Waals surface area contributed by atoms with Gasteiger partial charge in [0, 0.05) is 33.9 Å². The fraction of sp³-hybridized carbons (Fsp3) is 0.500. The summed E-state index contributed by atoms with van der Waals surface area (Å²) in [5.41, 5.74) is 0.555. The van der Waals surface area contributed by atoms with E-state index in [0.717, 1.165) is 6.04 Å². The number of nitrogens with zero attached hydrogens (tertiary/aromatic N) is 4. The van der Waals surface area contributed by atoms with Crippen molar-refractivity contribution in [3.8, 4) is 11.5 Å². The van der Waals surface area contributed by atoms with Gasteiger partial charge in [0.15, 0.2) is 0 Å². The van der Waals surface area contributed by atoms with Crippen LogP contribution in [0.4, 0.5) is 11.5 Å². The van der Waals surface area contributed by atoms with Crippen LogP contribution in [-0.4, -0.2) is 59.3 Å². The molecule has 2 rings (SSSR count). The second-order valence-electron chi connectivity index (χ2n) is 8.18. The number of halogens is 3. The Labute approximate surface area is 200 Å². The molecule has 1 aromatic carbocycles. The zero-order chi connectivity index (χ0) is 23.2. The van der Waals surface area contributed by atoms with Crippen molar-refractivity contribution in [1.82, 2.24) is 9.97 Å². The zero-order valence-corrected chi connectivity index (χ0v) is 22.0. The summed E-state index contributed by atoms with van der Waals surface area (Å²) in [4.78, 5) is 12.0. The Kier molecular flexibility index (Phi) is 9.51. The molecule has 0 aliphatic carbocycles. The molecule has 1 aromatic heterocycles. The number of methoxy groups -OCH3 is 2. The molecule has 7 nitrogen and oxygen atoms in total. The highest BCUT2D eigenvalue weighted by atomic mass is 35.5. The highest BCUT2D eigenvalue weighted by Crippen LogP contribution is 2.46. The van der Waals surface area contributed by atoms with Crippen molar-refractivity contribution in [3.05, 3.63) is 33.7 Å². The van der Waals surface area contributed by atoms with Crippen molar-refractivity contribution < 1.29 is 14.2 Å². The normalized spacial score (nSPS) is 11.4. The largest absolute Gasteiger partial charge is 0.495 e. The Morgan fingerprint density at radius 2 is 1.58 bits per heavy atom. The van der Waals surface area contributed by atoms with Crippen molar-refractivity contribution in [1.29, 1.82) is 0 Å². The van der Waals surface area contributed by atoms with Crippen LogP contribution >= 0.6 is 34.8 Å². The minimum Gasteiger partial charge on any atom is -0.495 e. The van der Waals surface area contributed by atoms with Crippen molar-refractivity contribution in [2.75, 3.05) is 51.1 Å². The second kappa shape index (κ2) is 11.4. The summed E-state index contributed by atoms with van der Waals surface area (Å²) in [6, 6.07) is 4.38. The molecular formula is C20H29Cl3N4O3Si. The molecule has 31 heavy (non-hydrogen) atoms. The molecule has 11 heteroatoms. The van der Waals surface area contributed by atoms with E-state index < -0.39 is 8.07 Å². The van der Waals surface area contributed by atoms with Gasteiger partial charge in [-0.1, -0.05) is 54.4 Å². The molecule has 0 aliphatic rings. The van der Waals surface area contributed by atoms with Gasteiger partial charge in [-0.15, -0.1) is 0 Å². The molecule has 2 aromatic rings. The lowest BCUT2D eigenvalue weighted by atomic mass is 10.2. The maximum atomic E-state index is 6.66. The molecule has 0 bridgehead atoms. The molecule has 172 valence electrons. The Hall–Kier alpha value is -1.45. The van der Waals surface area contributed by atoms with Crippen LogP contribution in [0.5, 0.6) is 11.5 Å². The number of hydrogen-bond donors (Lipinski definition) is 0. The molecular weight excluding hydrogens is 479 g/mol. The van der Waals surface area contributed by atoms with Gasteiger partial charge in [-0.25, -0.2) is 9.97 Å². The van der Waals surface area contributed by atoms with Crippen LogP contribution in [0, 0.1) is 0 Å². The van der Waals surface area contributed by atoms with E-state index in [4.69, 9.17) is 49.0 Å². The van der Waals surface area contributed by atoms with Gasteiger partial charge in [-0.2, -0.15) is 0 Å². The van der Waals surface area contributed by atoms with Gasteiger partial charge in [0.1, 0.15) is 45.6 Å². The Balaban J connectivity index is 2.37. The van der Waals surface area contributed by atoms with Crippen LogP contribution in [0.25, 0.3) is 0 Å². The number of aromatic nitrogens is 2. The minimum atomic E-state index is -1.23. The van der Waals surface area contributed by atoms with Crippen LogP contribution in [0.3, 0.4) is 0 Å². The van der Waals surface area contributed by atoms with Crippen molar-refractivity contribution in [2.45, 2.75) is 25.7 Å². The summed E-state index contributed by atoms with van der Waals surface area (Å²) in [5, 5.41) is 1.10. The van der Waals surface area contributed by atoms with E-state index in [0.29, 0.717) is 51.5 Å². The lowest BCUT2D eigenvalue weighted by Crippen LogP contribution is -2.38. The van der Waals surface area contributed by atoms with Crippen molar-refractivity contribution >= 4 is 54.4 Å². The van der Waals surface area contributed by atoms with Gasteiger partial charge >= 0.3 is 0 Å². The molecule has 0 saturated heterocycles. The molecule has 0 spiro atoms. The fourth-order valence-corrected chi connectivity index (χ4v) is 4.38. The van der Waals surface area contributed by atoms with E-state index >= 15 is 0 Å². The Bertz CT molecular complexity index is 855. The van der Waals surface area contributed by atoms with Gasteiger partial charge in [-0.3, -0.25) is 0 Å². The van der Waals surface area contributed by atoms with Crippen LogP contribution in [-0.2, 0) is 4.74 Å². The first kappa shape index (κ1) is 25.8. The molecule has 0 atom stereocenters. The summed E-state index contributed by atoms with van der Waals surface area (Å²) >= 11 is 19.3. The van der Waals surface area contributed by atoms with E-state index in [1.54, 1.807) is 26.4 Å². The minimum absolute atomic E-state index is 0.267. The van der Waals surface area contributed by atoms with Gasteiger partial charge in [-0.05, 0) is 6.04 Å². The summed E-state index contributed by atoms with van der Waals surface area (Å²) in [6.07, 6.45) is 1.41. The van der Waals surface area contributed by atoms with Crippen LogP contribution in [0.2, 0.25) is 40.9 Å². The predicted molar refractivity (Wildman–Crippen MR) is 131 cm³/mol. The quantitative estimate of drug-likeness (QED) is 0.168. The summed E-state index contributed by atoms with van der Waals surface area (Å²) in [6.45, 7) is 8.20. The molecule has 0 amide bonds. The average Bonchev–Trinajstić information content (AvgIpc) is 2.70. The lowest BCUT2D eigenvalue weighted by Gasteiger charge is -2.32. The molecule has 0 fully saturated rings. The number of anilines is 2. The van der Waals surface area contributed by atoms with E-state index in [9.17, 15) is 0 Å². The SMILES string of the molecule is COc1cc(OC)c(Cl)c(N(COCC[Si](C)(C)C)CN(C)c2cc(Cl)ncn2)c1Cl. The first-order chi connectivity index (χ1) is 14.6. The third-order valence-corrected chi connectivity index (χ3v) is 7.14. The third kappa shape index (κ3) is 7.29. The summed E-state index contributed by atoms with van der Waals surface area (Å²) in [7, 11) is 3.74. The molecule has 0 aliphatic heterocycles. The first-order valence-corrected chi connectivity index (χ1v) is 14.5. The summed E-state index contributed by atoms with van der Waals surface area (Å²) < 4.78 is 16.9. The van der Waals surface area contributed by atoms with E-state index in [-0.39, 0.29) is 6.73 Å². The number of hydrogen-bond acceptors (Lipinski definition) is 7. The van der Waals surface area contributed by atoms with Crippen LogP contribution < -0.4 is 19.3 Å².